The van der Waals surface area contributed by atoms with Gasteiger partial charge < -0.3 is 5.11 Å². The van der Waals surface area contributed by atoms with Crippen LogP contribution >= 0.6 is 0 Å². The molecule has 0 heterocycles. The largest absolute Gasteiger partial charge is 0.459 e. The van der Waals surface area contributed by atoms with Gasteiger partial charge in [0.1, 0.15) is 0 Å². The van der Waals surface area contributed by atoms with Gasteiger partial charge in [0.2, 0.25) is 0 Å². The highest BCUT2D eigenvalue weighted by Crippen LogP contribution is 2.48. The Bertz CT molecular complexity index is 211. The van der Waals surface area contributed by atoms with E-state index >= 15 is 0 Å². The molecule has 0 aromatic carbocycles. The van der Waals surface area contributed by atoms with Gasteiger partial charge >= 0.3 is 18.0 Å². The Morgan fingerprint density at radius 1 is 0.750 bits per heavy atom. The molecule has 0 rings (SSSR count). The molecule has 0 aliphatic heterocycles. The molecule has 0 aromatic heterocycles. The fourth-order valence-corrected chi connectivity index (χ4v) is 1.000. The predicted molar refractivity (Wildman–Crippen MR) is 41.5 cm³/mol. The fourth-order valence-electron chi connectivity index (χ4n) is 1.000. The lowest BCUT2D eigenvalue weighted by Crippen LogP contribution is -2.51. The van der Waals surface area contributed by atoms with E-state index in [0.29, 0.717) is 0 Å². The second kappa shape index (κ2) is 5.20. The fraction of sp³-hybridized carbons (Fsp3) is 1.00. The van der Waals surface area contributed by atoms with Crippen LogP contribution in [0.2, 0.25) is 0 Å². The van der Waals surface area contributed by atoms with Gasteiger partial charge in [0.05, 0.1) is 0 Å². The van der Waals surface area contributed by atoms with Crippen molar-refractivity contribution in [1.29, 1.82) is 0 Å². The summed E-state index contributed by atoms with van der Waals surface area (Å²) in [5.74, 6) is -11.1. The van der Waals surface area contributed by atoms with Crippen molar-refractivity contribution < 1.29 is 35.8 Å². The number of unbranched alkanes of at least 4 members (excludes halogenated alkanes) is 2. The van der Waals surface area contributed by atoms with Crippen LogP contribution in [0, 0.1) is 0 Å². The molecule has 1 nitrogen and oxygen atoms in total. The van der Waals surface area contributed by atoms with Crippen molar-refractivity contribution in [1.82, 2.24) is 0 Å². The first-order chi connectivity index (χ1) is 7.06. The van der Waals surface area contributed by atoms with Gasteiger partial charge in [-0.05, 0) is 12.8 Å². The monoisotopic (exact) mass is 256 g/mol. The molecule has 16 heavy (non-hydrogen) atoms. The average molecular weight is 256 g/mol. The number of halogens is 7. The van der Waals surface area contributed by atoms with Crippen molar-refractivity contribution in [2.45, 2.75) is 43.7 Å². The van der Waals surface area contributed by atoms with Gasteiger partial charge in [-0.25, -0.2) is 0 Å². The first kappa shape index (κ1) is 15.5. The van der Waals surface area contributed by atoms with Crippen LogP contribution in [0.5, 0.6) is 0 Å². The highest BCUT2D eigenvalue weighted by molar-refractivity contribution is 4.90. The zero-order valence-electron chi connectivity index (χ0n) is 8.13. The summed E-state index contributed by atoms with van der Waals surface area (Å²) in [7, 11) is 0. The van der Waals surface area contributed by atoms with Gasteiger partial charge in [-0.2, -0.15) is 30.7 Å². The minimum absolute atomic E-state index is 0.0278. The number of hydrogen-bond donors (Lipinski definition) is 1. The first-order valence-electron chi connectivity index (χ1n) is 4.49. The summed E-state index contributed by atoms with van der Waals surface area (Å²) < 4.78 is 84.7. The van der Waals surface area contributed by atoms with Crippen molar-refractivity contribution in [3.8, 4) is 0 Å². The summed E-state index contributed by atoms with van der Waals surface area (Å²) in [4.78, 5) is 0. The Balaban J connectivity index is 4.41. The second-order valence-electron chi connectivity index (χ2n) is 3.31. The zero-order chi connectivity index (χ0) is 13.0. The maximum atomic E-state index is 12.6. The summed E-state index contributed by atoms with van der Waals surface area (Å²) in [5, 5.41) is 8.27. The van der Waals surface area contributed by atoms with E-state index in [1.165, 1.54) is 0 Å². The maximum absolute atomic E-state index is 12.6. The van der Waals surface area contributed by atoms with Gasteiger partial charge in [0.25, 0.3) is 0 Å². The molecule has 98 valence electrons. The summed E-state index contributed by atoms with van der Waals surface area (Å²) in [6.45, 7) is -0.318. The minimum Gasteiger partial charge on any atom is -0.396 e. The van der Waals surface area contributed by atoms with Crippen LogP contribution in [0.15, 0.2) is 0 Å². The Morgan fingerprint density at radius 2 is 1.25 bits per heavy atom. The molecule has 0 bridgehead atoms. The molecule has 0 unspecified atom stereocenters. The molecule has 0 fully saturated rings. The van der Waals surface area contributed by atoms with Crippen LogP contribution in [-0.4, -0.2) is 29.7 Å². The molecule has 0 radical (unpaired) electrons. The molecule has 1 N–H and O–H groups in total. The maximum Gasteiger partial charge on any atom is 0.459 e. The Kier molecular flexibility index (Phi) is 5.03. The van der Waals surface area contributed by atoms with E-state index in [4.69, 9.17) is 5.11 Å². The predicted octanol–water partition coefficient (Wildman–Crippen LogP) is 3.37. The number of rotatable bonds is 6. The third-order valence-electron chi connectivity index (χ3n) is 1.96. The van der Waals surface area contributed by atoms with Crippen LogP contribution in [0.3, 0.4) is 0 Å². The molecule has 0 saturated heterocycles. The molecule has 0 aliphatic rings. The second-order valence-corrected chi connectivity index (χ2v) is 3.31. The summed E-state index contributed by atoms with van der Waals surface area (Å²) in [6, 6.07) is 0. The van der Waals surface area contributed by atoms with Crippen LogP contribution in [0.25, 0.3) is 0 Å². The van der Waals surface area contributed by atoms with Gasteiger partial charge in [0.15, 0.2) is 0 Å². The minimum atomic E-state index is -6.26. The van der Waals surface area contributed by atoms with E-state index < -0.39 is 30.9 Å². The van der Waals surface area contributed by atoms with E-state index in [-0.39, 0.29) is 19.4 Å². The van der Waals surface area contributed by atoms with Gasteiger partial charge in [-0.1, -0.05) is 6.42 Å². The lowest BCUT2D eigenvalue weighted by atomic mass is 10.0. The topological polar surface area (TPSA) is 20.2 Å². The van der Waals surface area contributed by atoms with Crippen LogP contribution in [0.4, 0.5) is 30.7 Å². The van der Waals surface area contributed by atoms with Gasteiger partial charge in [0, 0.05) is 13.0 Å². The summed E-state index contributed by atoms with van der Waals surface area (Å²) in [6.07, 6.45) is -8.25. The molecule has 0 aliphatic carbocycles. The SMILES string of the molecule is OCCCCCC(F)(F)C(F)(F)C(F)(F)F. The third-order valence-corrected chi connectivity index (χ3v) is 1.96. The zero-order valence-corrected chi connectivity index (χ0v) is 8.13. The summed E-state index contributed by atoms with van der Waals surface area (Å²) >= 11 is 0. The highest BCUT2D eigenvalue weighted by Gasteiger charge is 2.72. The van der Waals surface area contributed by atoms with Crippen molar-refractivity contribution >= 4 is 0 Å². The van der Waals surface area contributed by atoms with Crippen molar-refractivity contribution in [2.24, 2.45) is 0 Å². The molecular weight excluding hydrogens is 245 g/mol. The average Bonchev–Trinajstić information content (AvgIpc) is 2.10. The molecule has 0 atom stereocenters. The first-order valence-corrected chi connectivity index (χ1v) is 4.49. The normalized spacial score (nSPS) is 14.2. The lowest BCUT2D eigenvalue weighted by molar-refractivity contribution is -0.355. The molecule has 0 saturated carbocycles. The van der Waals surface area contributed by atoms with Crippen LogP contribution in [0.1, 0.15) is 25.7 Å². The van der Waals surface area contributed by atoms with Crippen LogP contribution < -0.4 is 0 Å². The van der Waals surface area contributed by atoms with Crippen molar-refractivity contribution in [3.05, 3.63) is 0 Å². The van der Waals surface area contributed by atoms with E-state index in [1.807, 2.05) is 0 Å². The molecular formula is C8H11F7O. The highest BCUT2D eigenvalue weighted by atomic mass is 19.4. The number of hydrogen-bond acceptors (Lipinski definition) is 1. The van der Waals surface area contributed by atoms with Crippen molar-refractivity contribution in [3.63, 3.8) is 0 Å². The molecule has 0 amide bonds. The Morgan fingerprint density at radius 3 is 1.62 bits per heavy atom. The number of alkyl halides is 7. The van der Waals surface area contributed by atoms with E-state index in [9.17, 15) is 30.7 Å². The van der Waals surface area contributed by atoms with Crippen molar-refractivity contribution in [2.75, 3.05) is 6.61 Å². The smallest absolute Gasteiger partial charge is 0.396 e. The number of aliphatic hydroxyl groups is 1. The van der Waals surface area contributed by atoms with Gasteiger partial charge in [-0.15, -0.1) is 0 Å². The molecule has 0 aromatic rings. The van der Waals surface area contributed by atoms with E-state index in [1.54, 1.807) is 0 Å². The Hall–Kier alpha value is -0.530. The number of aliphatic hydroxyl groups excluding tert-OH is 1. The standard InChI is InChI=1S/C8H11F7O/c9-6(10,4-2-1-3-5-16)7(11,12)8(13,14)15/h16H,1-5H2. The van der Waals surface area contributed by atoms with E-state index in [2.05, 4.69) is 0 Å². The summed E-state index contributed by atoms with van der Waals surface area (Å²) in [5.41, 5.74) is 0. The Labute approximate surface area is 87.2 Å². The molecule has 8 heteroatoms. The third kappa shape index (κ3) is 3.50. The quantitative estimate of drug-likeness (QED) is 0.570. The van der Waals surface area contributed by atoms with Gasteiger partial charge in [-0.3, -0.25) is 0 Å². The van der Waals surface area contributed by atoms with E-state index in [0.717, 1.165) is 0 Å². The lowest BCUT2D eigenvalue weighted by Gasteiger charge is -2.28. The van der Waals surface area contributed by atoms with Crippen LogP contribution in [-0.2, 0) is 0 Å². The molecule has 0 spiro atoms.